The third kappa shape index (κ3) is 3.16. The van der Waals surface area contributed by atoms with Crippen LogP contribution < -0.4 is 4.73 Å². The van der Waals surface area contributed by atoms with E-state index < -0.39 is 30.1 Å². The Morgan fingerprint density at radius 3 is 2.54 bits per heavy atom. The number of carbonyl (C=O) groups excluding carboxylic acids is 2. The van der Waals surface area contributed by atoms with Crippen LogP contribution in [0.25, 0.3) is 11.0 Å². The van der Waals surface area contributed by atoms with Crippen LogP contribution in [-0.2, 0) is 16.1 Å². The van der Waals surface area contributed by atoms with Crippen LogP contribution in [0.3, 0.4) is 0 Å². The summed E-state index contributed by atoms with van der Waals surface area (Å²) in [6, 6.07) is 11.7. The molecule has 0 aliphatic heterocycles. The zero-order chi connectivity index (χ0) is 18.7. The number of rotatable bonds is 4. The van der Waals surface area contributed by atoms with E-state index in [2.05, 4.69) is 9.72 Å². The highest BCUT2D eigenvalue weighted by Gasteiger charge is 2.28. The summed E-state index contributed by atoms with van der Waals surface area (Å²) in [6.45, 7) is -0.495. The summed E-state index contributed by atoms with van der Waals surface area (Å²) in [5.74, 6) is -2.60. The minimum absolute atomic E-state index is 0.0877. The smallest absolute Gasteiger partial charge is 0.406 e. The molecule has 0 saturated heterocycles. The van der Waals surface area contributed by atoms with Crippen molar-refractivity contribution in [1.29, 1.82) is 0 Å². The third-order valence-electron chi connectivity index (χ3n) is 3.64. The maximum absolute atomic E-state index is 13.7. The molecule has 0 saturated carbocycles. The van der Waals surface area contributed by atoms with Gasteiger partial charge in [0.25, 0.3) is 0 Å². The minimum atomic E-state index is -0.939. The van der Waals surface area contributed by atoms with E-state index in [1.165, 1.54) is 24.3 Å². The number of aromatic nitrogens is 2. The Morgan fingerprint density at radius 2 is 1.81 bits per heavy atom. The van der Waals surface area contributed by atoms with Gasteiger partial charge in [-0.15, -0.1) is 0 Å². The van der Waals surface area contributed by atoms with E-state index in [1.807, 2.05) is 0 Å². The van der Waals surface area contributed by atoms with Crippen LogP contribution in [0.1, 0.15) is 26.5 Å². The molecule has 1 aromatic heterocycles. The van der Waals surface area contributed by atoms with Crippen molar-refractivity contribution in [2.75, 3.05) is 7.11 Å². The predicted octanol–water partition coefficient (Wildman–Crippen LogP) is 2.15. The van der Waals surface area contributed by atoms with E-state index in [9.17, 15) is 19.2 Å². The summed E-state index contributed by atoms with van der Waals surface area (Å²) in [4.78, 5) is 28.2. The lowest BCUT2D eigenvalue weighted by Crippen LogP contribution is -2.38. The van der Waals surface area contributed by atoms with Gasteiger partial charge >= 0.3 is 17.6 Å². The first-order chi connectivity index (χ1) is 12.5. The standard InChI is InChI=1S/C18H13FN2O5/c1-25-18(23)16-14(20-13-8-4-5-9-15(13)21(16)24)10-26-17(22)11-6-2-3-7-12(11)19/h2-9H,10H2,1H3. The molecule has 8 heteroatoms. The van der Waals surface area contributed by atoms with Gasteiger partial charge < -0.3 is 14.7 Å². The highest BCUT2D eigenvalue weighted by Crippen LogP contribution is 2.15. The van der Waals surface area contributed by atoms with Crippen molar-refractivity contribution >= 4 is 23.0 Å². The van der Waals surface area contributed by atoms with E-state index >= 15 is 0 Å². The van der Waals surface area contributed by atoms with Gasteiger partial charge in [0.15, 0.2) is 5.69 Å². The van der Waals surface area contributed by atoms with Gasteiger partial charge in [-0.25, -0.2) is 19.0 Å². The Bertz CT molecular complexity index is 1010. The molecule has 0 aliphatic rings. The zero-order valence-electron chi connectivity index (χ0n) is 13.6. The summed E-state index contributed by atoms with van der Waals surface area (Å²) < 4.78 is 23.7. The maximum atomic E-state index is 13.7. The third-order valence-corrected chi connectivity index (χ3v) is 3.64. The number of hydrogen-bond acceptors (Lipinski definition) is 6. The van der Waals surface area contributed by atoms with Crippen LogP contribution in [0.15, 0.2) is 48.5 Å². The van der Waals surface area contributed by atoms with E-state index in [4.69, 9.17) is 4.74 Å². The molecule has 0 N–H and O–H groups in total. The summed E-state index contributed by atoms with van der Waals surface area (Å²) >= 11 is 0. The number of carbonyl (C=O) groups is 2. The Hall–Kier alpha value is -3.55. The molecule has 26 heavy (non-hydrogen) atoms. The van der Waals surface area contributed by atoms with Gasteiger partial charge in [0.1, 0.15) is 17.9 Å². The van der Waals surface area contributed by atoms with Crippen LogP contribution in [0.2, 0.25) is 0 Å². The van der Waals surface area contributed by atoms with Gasteiger partial charge in [-0.3, -0.25) is 0 Å². The average Bonchev–Trinajstić information content (AvgIpc) is 2.66. The Labute approximate surface area is 147 Å². The molecule has 0 amide bonds. The summed E-state index contributed by atoms with van der Waals surface area (Å²) in [5, 5.41) is 12.5. The molecule has 0 bridgehead atoms. The van der Waals surface area contributed by atoms with Crippen LogP contribution in [0.4, 0.5) is 4.39 Å². The molecular weight excluding hydrogens is 343 g/mol. The number of ether oxygens (including phenoxy) is 2. The number of methoxy groups -OCH3 is 1. The van der Waals surface area contributed by atoms with Crippen LogP contribution >= 0.6 is 0 Å². The van der Waals surface area contributed by atoms with Crippen LogP contribution in [0.5, 0.6) is 0 Å². The van der Waals surface area contributed by atoms with Gasteiger partial charge in [0.05, 0.1) is 12.7 Å². The molecule has 7 nitrogen and oxygen atoms in total. The minimum Gasteiger partial charge on any atom is -0.618 e. The van der Waals surface area contributed by atoms with Crippen molar-refractivity contribution in [3.63, 3.8) is 0 Å². The van der Waals surface area contributed by atoms with E-state index in [0.717, 1.165) is 13.2 Å². The van der Waals surface area contributed by atoms with Crippen molar-refractivity contribution < 1.29 is 28.2 Å². The largest absolute Gasteiger partial charge is 0.618 e. The molecule has 0 aliphatic carbocycles. The second-order valence-corrected chi connectivity index (χ2v) is 5.24. The maximum Gasteiger partial charge on any atom is 0.406 e. The molecule has 1 heterocycles. The van der Waals surface area contributed by atoms with Crippen molar-refractivity contribution in [2.24, 2.45) is 0 Å². The van der Waals surface area contributed by atoms with Crippen molar-refractivity contribution in [3.05, 3.63) is 76.5 Å². The predicted molar refractivity (Wildman–Crippen MR) is 87.6 cm³/mol. The van der Waals surface area contributed by atoms with Gasteiger partial charge in [-0.05, 0) is 18.2 Å². The van der Waals surface area contributed by atoms with Gasteiger partial charge in [-0.2, -0.15) is 4.73 Å². The quantitative estimate of drug-likeness (QED) is 0.404. The first-order valence-electron chi connectivity index (χ1n) is 7.54. The number of hydrogen-bond donors (Lipinski definition) is 0. The Balaban J connectivity index is 1.97. The summed E-state index contributed by atoms with van der Waals surface area (Å²) in [5.41, 5.74) is -0.269. The Morgan fingerprint density at radius 1 is 1.12 bits per heavy atom. The normalized spacial score (nSPS) is 10.5. The molecule has 0 spiro atoms. The first kappa shape index (κ1) is 17.3. The van der Waals surface area contributed by atoms with E-state index in [-0.39, 0.29) is 16.8 Å². The molecule has 3 rings (SSSR count). The number of nitrogens with zero attached hydrogens (tertiary/aromatic N) is 2. The number of halogens is 1. The molecule has 0 unspecified atom stereocenters. The summed E-state index contributed by atoms with van der Waals surface area (Å²) in [7, 11) is 1.12. The average molecular weight is 356 g/mol. The fourth-order valence-corrected chi connectivity index (χ4v) is 2.40. The number of fused-ring (bicyclic) bond motifs is 1. The lowest BCUT2D eigenvalue weighted by molar-refractivity contribution is -0.581. The van der Waals surface area contributed by atoms with E-state index in [0.29, 0.717) is 10.2 Å². The number of para-hydroxylation sites is 2. The second-order valence-electron chi connectivity index (χ2n) is 5.24. The van der Waals surface area contributed by atoms with Crippen LogP contribution in [-0.4, -0.2) is 24.0 Å². The highest BCUT2D eigenvalue weighted by molar-refractivity contribution is 5.90. The molecule has 0 radical (unpaired) electrons. The number of benzene rings is 2. The van der Waals surface area contributed by atoms with Gasteiger partial charge in [-0.1, -0.05) is 24.3 Å². The molecule has 3 aromatic rings. The molecule has 0 fully saturated rings. The van der Waals surface area contributed by atoms with E-state index in [1.54, 1.807) is 18.2 Å². The van der Waals surface area contributed by atoms with Crippen molar-refractivity contribution in [1.82, 2.24) is 4.98 Å². The molecule has 0 atom stereocenters. The number of esters is 2. The Kier molecular flexibility index (Phi) is 4.74. The molecule has 2 aromatic carbocycles. The zero-order valence-corrected chi connectivity index (χ0v) is 13.6. The molecule has 132 valence electrons. The highest BCUT2D eigenvalue weighted by atomic mass is 19.1. The van der Waals surface area contributed by atoms with Crippen molar-refractivity contribution in [2.45, 2.75) is 6.61 Å². The first-order valence-corrected chi connectivity index (χ1v) is 7.54. The second kappa shape index (κ2) is 7.14. The van der Waals surface area contributed by atoms with Gasteiger partial charge in [0, 0.05) is 6.07 Å². The summed E-state index contributed by atoms with van der Waals surface area (Å²) in [6.07, 6.45) is 0. The van der Waals surface area contributed by atoms with Crippen molar-refractivity contribution in [3.8, 4) is 0 Å². The van der Waals surface area contributed by atoms with Crippen LogP contribution in [0, 0.1) is 11.0 Å². The fraction of sp³-hybridized carbons (Fsp3) is 0.111. The SMILES string of the molecule is COC(=O)c1c(COC(=O)c2ccccc2F)nc2ccccc2[n+]1[O-]. The lowest BCUT2D eigenvalue weighted by Gasteiger charge is -2.11. The lowest BCUT2D eigenvalue weighted by atomic mass is 10.2. The fourth-order valence-electron chi connectivity index (χ4n) is 2.40. The monoisotopic (exact) mass is 356 g/mol. The topological polar surface area (TPSA) is 92.4 Å². The van der Waals surface area contributed by atoms with Gasteiger partial charge in [0.2, 0.25) is 5.52 Å². The molecular formula is C18H13FN2O5.